The number of piperidine rings is 1. The zero-order valence-electron chi connectivity index (χ0n) is 33.0. The van der Waals surface area contributed by atoms with Crippen LogP contribution in [0.5, 0.6) is 0 Å². The summed E-state index contributed by atoms with van der Waals surface area (Å²) in [5, 5.41) is 5.92. The lowest BCUT2D eigenvalue weighted by Gasteiger charge is -2.32. The summed E-state index contributed by atoms with van der Waals surface area (Å²) in [6.07, 6.45) is 5.27. The first-order valence-corrected chi connectivity index (χ1v) is 21.7. The second-order valence-corrected chi connectivity index (χ2v) is 18.0. The maximum atomic E-state index is 14.1. The van der Waals surface area contributed by atoms with Gasteiger partial charge in [0.05, 0.1) is 12.1 Å². The number of hydrogen-bond acceptors (Lipinski definition) is 8. The third-order valence-corrected chi connectivity index (χ3v) is 13.0. The molecule has 1 fully saturated rings. The molecule has 2 aromatic rings. The molecule has 0 saturated carbocycles. The van der Waals surface area contributed by atoms with Crippen molar-refractivity contribution >= 4 is 33.7 Å². The molecule has 4 atom stereocenters. The fourth-order valence-electron chi connectivity index (χ4n) is 7.96. The van der Waals surface area contributed by atoms with Gasteiger partial charge in [-0.1, -0.05) is 80.9 Å². The van der Waals surface area contributed by atoms with Crippen molar-refractivity contribution in [1.29, 1.82) is 0 Å². The number of ketones is 1. The SMILES string of the molecule is CC(C)CC(CC(=O)C(Cc1ccccc1)NC(=O)C(N)Cc1ccccc1)C(=O)NC(CCCCN)C(=O)N1CC2=C(C1)CN(S(=O)(=O)N1CCCCC1)C2. The Kier molecular flexibility index (Phi) is 15.8. The van der Waals surface area contributed by atoms with Crippen LogP contribution in [-0.2, 0) is 42.2 Å². The van der Waals surface area contributed by atoms with Crippen molar-refractivity contribution in [2.45, 2.75) is 96.2 Å². The van der Waals surface area contributed by atoms with Crippen molar-refractivity contribution in [3.05, 3.63) is 82.9 Å². The molecule has 2 aromatic carbocycles. The van der Waals surface area contributed by atoms with Gasteiger partial charge in [0.15, 0.2) is 5.78 Å². The topological polar surface area (TPSA) is 188 Å². The summed E-state index contributed by atoms with van der Waals surface area (Å²) in [4.78, 5) is 57.5. The minimum Gasteiger partial charge on any atom is -0.345 e. The van der Waals surface area contributed by atoms with E-state index in [1.807, 2.05) is 74.5 Å². The molecule has 5 rings (SSSR count). The van der Waals surface area contributed by atoms with Crippen LogP contribution in [0, 0.1) is 11.8 Å². The van der Waals surface area contributed by atoms with Crippen LogP contribution in [0.2, 0.25) is 0 Å². The fraction of sp³-hybridized carbons (Fsp3) is 0.571. The van der Waals surface area contributed by atoms with E-state index in [1.54, 1.807) is 9.21 Å². The van der Waals surface area contributed by atoms with E-state index >= 15 is 0 Å². The van der Waals surface area contributed by atoms with E-state index in [1.165, 1.54) is 4.31 Å². The summed E-state index contributed by atoms with van der Waals surface area (Å²) in [5.41, 5.74) is 15.7. The number of nitrogens with one attached hydrogen (secondary N) is 2. The molecule has 3 aliphatic rings. The fourth-order valence-corrected chi connectivity index (χ4v) is 9.64. The van der Waals surface area contributed by atoms with Crippen LogP contribution in [0.25, 0.3) is 0 Å². The van der Waals surface area contributed by atoms with Crippen molar-refractivity contribution in [2.24, 2.45) is 23.3 Å². The summed E-state index contributed by atoms with van der Waals surface area (Å²) in [6.45, 7) is 6.62. The molecule has 13 nitrogen and oxygen atoms in total. The molecular formula is C42H61N7O6S. The molecule has 3 aliphatic heterocycles. The van der Waals surface area contributed by atoms with Crippen LogP contribution in [-0.4, -0.2) is 109 Å². The standard InChI is InChI=1S/C42H61N7O6S/c1-30(2)22-33(25-39(50)38(24-32-16-8-4-9-17-32)46-41(52)36(44)23-31-14-6-3-7-15-31)40(51)45-37(18-10-11-19-43)42(53)47-26-34-28-49(29-35(34)27-47)56(54,55)48-20-12-5-13-21-48/h3-4,6-9,14-17,30,33,36-38H,5,10-13,18-29,43-44H2,1-2H3,(H,45,51)(H,46,52). The Hall–Kier alpha value is -3.95. The molecule has 0 bridgehead atoms. The molecule has 4 unspecified atom stereocenters. The highest BCUT2D eigenvalue weighted by molar-refractivity contribution is 7.86. The van der Waals surface area contributed by atoms with E-state index in [9.17, 15) is 27.6 Å². The van der Waals surface area contributed by atoms with Gasteiger partial charge in [-0.15, -0.1) is 0 Å². The minimum absolute atomic E-state index is 0.0707. The van der Waals surface area contributed by atoms with Gasteiger partial charge in [0, 0.05) is 51.6 Å². The number of benzene rings is 2. The number of carbonyl (C=O) groups excluding carboxylic acids is 4. The van der Waals surface area contributed by atoms with Gasteiger partial charge in [0.1, 0.15) is 6.04 Å². The third-order valence-electron chi connectivity index (χ3n) is 11.0. The van der Waals surface area contributed by atoms with Gasteiger partial charge in [-0.3, -0.25) is 19.2 Å². The summed E-state index contributed by atoms with van der Waals surface area (Å²) in [6, 6.07) is 16.2. The lowest BCUT2D eigenvalue weighted by atomic mass is 9.88. The predicted octanol–water partition coefficient (Wildman–Crippen LogP) is 2.70. The van der Waals surface area contributed by atoms with E-state index < -0.39 is 40.2 Å². The van der Waals surface area contributed by atoms with Gasteiger partial charge in [0.2, 0.25) is 17.7 Å². The maximum absolute atomic E-state index is 14.1. The minimum atomic E-state index is -3.57. The van der Waals surface area contributed by atoms with Gasteiger partial charge in [0.25, 0.3) is 10.2 Å². The summed E-state index contributed by atoms with van der Waals surface area (Å²) >= 11 is 0. The Bertz CT molecular complexity index is 1760. The number of nitrogens with zero attached hydrogens (tertiary/aromatic N) is 3. The summed E-state index contributed by atoms with van der Waals surface area (Å²) < 4.78 is 29.8. The average Bonchev–Trinajstić information content (AvgIpc) is 3.79. The van der Waals surface area contributed by atoms with Crippen molar-refractivity contribution in [3.63, 3.8) is 0 Å². The first kappa shape index (κ1) is 43.2. The van der Waals surface area contributed by atoms with E-state index in [0.29, 0.717) is 64.8 Å². The second-order valence-electron chi connectivity index (χ2n) is 16.0. The lowest BCUT2D eigenvalue weighted by molar-refractivity contribution is -0.138. The molecule has 6 N–H and O–H groups in total. The van der Waals surface area contributed by atoms with Gasteiger partial charge >= 0.3 is 0 Å². The highest BCUT2D eigenvalue weighted by atomic mass is 32.2. The highest BCUT2D eigenvalue weighted by Gasteiger charge is 2.41. The first-order valence-electron chi connectivity index (χ1n) is 20.3. The molecule has 3 amide bonds. The van der Waals surface area contributed by atoms with Crippen LogP contribution in [0.1, 0.15) is 76.3 Å². The Labute approximate surface area is 332 Å². The lowest BCUT2D eigenvalue weighted by Crippen LogP contribution is -2.52. The molecule has 0 aliphatic carbocycles. The van der Waals surface area contributed by atoms with Crippen molar-refractivity contribution in [2.75, 3.05) is 45.8 Å². The number of nitrogens with two attached hydrogens (primary N) is 2. The number of carbonyl (C=O) groups is 4. The Morgan fingerprint density at radius 1 is 0.732 bits per heavy atom. The molecule has 0 aromatic heterocycles. The number of rotatable bonds is 20. The molecule has 306 valence electrons. The zero-order chi connectivity index (χ0) is 40.2. The average molecular weight is 792 g/mol. The quantitative estimate of drug-likeness (QED) is 0.116. The third kappa shape index (κ3) is 11.8. The van der Waals surface area contributed by atoms with Crippen LogP contribution >= 0.6 is 0 Å². The molecule has 1 saturated heterocycles. The van der Waals surface area contributed by atoms with Crippen molar-refractivity contribution in [1.82, 2.24) is 24.1 Å². The predicted molar refractivity (Wildman–Crippen MR) is 217 cm³/mol. The number of Topliss-reactive ketones (excluding diaryl/α,β-unsaturated/α-hetero) is 1. The number of hydrogen-bond donors (Lipinski definition) is 4. The van der Waals surface area contributed by atoms with Crippen LogP contribution in [0.15, 0.2) is 71.8 Å². The smallest absolute Gasteiger partial charge is 0.282 e. The molecule has 0 radical (unpaired) electrons. The van der Waals surface area contributed by atoms with Gasteiger partial charge < -0.3 is 27.0 Å². The summed E-state index contributed by atoms with van der Waals surface area (Å²) in [7, 11) is -3.57. The van der Waals surface area contributed by atoms with E-state index in [0.717, 1.165) is 41.5 Å². The van der Waals surface area contributed by atoms with Crippen LogP contribution in [0.4, 0.5) is 0 Å². The number of amides is 3. The largest absolute Gasteiger partial charge is 0.345 e. The molecule has 14 heteroatoms. The molecule has 56 heavy (non-hydrogen) atoms. The molecule has 3 heterocycles. The Balaban J connectivity index is 1.25. The van der Waals surface area contributed by atoms with E-state index in [-0.39, 0.29) is 49.4 Å². The Morgan fingerprint density at radius 3 is 1.88 bits per heavy atom. The van der Waals surface area contributed by atoms with Gasteiger partial charge in [-0.25, -0.2) is 0 Å². The zero-order valence-corrected chi connectivity index (χ0v) is 33.9. The van der Waals surface area contributed by atoms with Crippen molar-refractivity contribution in [3.8, 4) is 0 Å². The maximum Gasteiger partial charge on any atom is 0.282 e. The molecular weight excluding hydrogens is 731 g/mol. The van der Waals surface area contributed by atoms with Gasteiger partial charge in [-0.05, 0) is 86.1 Å². The second kappa shape index (κ2) is 20.5. The monoisotopic (exact) mass is 791 g/mol. The van der Waals surface area contributed by atoms with E-state index in [2.05, 4.69) is 10.6 Å². The summed E-state index contributed by atoms with van der Waals surface area (Å²) in [5.74, 6) is -2.02. The number of unbranched alkanes of at least 4 members (excludes halogenated alkanes) is 1. The normalized spacial score (nSPS) is 18.7. The van der Waals surface area contributed by atoms with E-state index in [4.69, 9.17) is 11.5 Å². The molecule has 0 spiro atoms. The van der Waals surface area contributed by atoms with Crippen molar-refractivity contribution < 1.29 is 27.6 Å². The highest BCUT2D eigenvalue weighted by Crippen LogP contribution is 2.30. The Morgan fingerprint density at radius 2 is 1.30 bits per heavy atom. The van der Waals surface area contributed by atoms with Gasteiger partial charge in [-0.2, -0.15) is 17.0 Å². The van der Waals surface area contributed by atoms with Crippen LogP contribution in [0.3, 0.4) is 0 Å². The first-order chi connectivity index (χ1) is 26.8. The van der Waals surface area contributed by atoms with Crippen LogP contribution < -0.4 is 22.1 Å².